The van der Waals surface area contributed by atoms with Crippen molar-refractivity contribution in [3.8, 4) is 11.1 Å². The topological polar surface area (TPSA) is 168 Å². The van der Waals surface area contributed by atoms with E-state index >= 15 is 0 Å². The molecule has 1 unspecified atom stereocenters. The molecule has 0 saturated heterocycles. The molecule has 0 aliphatic carbocycles. The summed E-state index contributed by atoms with van der Waals surface area (Å²) in [7, 11) is -3.93. The Bertz CT molecular complexity index is 1910. The first-order chi connectivity index (χ1) is 19.9. The Labute approximate surface area is 251 Å². The van der Waals surface area contributed by atoms with Gasteiger partial charge in [-0.1, -0.05) is 17.7 Å². The van der Waals surface area contributed by atoms with Gasteiger partial charge < -0.3 is 0 Å². The van der Waals surface area contributed by atoms with Crippen LogP contribution in [0.2, 0.25) is 5.15 Å². The first kappa shape index (κ1) is 31.3. The molecule has 2 aromatic heterocycles. The van der Waals surface area contributed by atoms with Gasteiger partial charge in [-0.3, -0.25) is 4.72 Å². The third-order valence-electron chi connectivity index (χ3n) is 5.50. The number of carbonyl (C=O) groups excluding carboxylic acids is 1. The van der Waals surface area contributed by atoms with Crippen molar-refractivity contribution in [2.24, 2.45) is 0 Å². The first-order valence-electron chi connectivity index (χ1n) is 11.7. The molecule has 3 aromatic carbocycles. The van der Waals surface area contributed by atoms with Crippen molar-refractivity contribution in [1.82, 2.24) is 9.97 Å². The van der Waals surface area contributed by atoms with Crippen LogP contribution < -0.4 is 14.4 Å². The normalized spacial score (nSPS) is 12.6. The summed E-state index contributed by atoms with van der Waals surface area (Å²) in [4.78, 5) is 19.0. The Balaban J connectivity index is 0.000000230. The van der Waals surface area contributed by atoms with Crippen molar-refractivity contribution in [1.29, 1.82) is 0 Å². The molecule has 1 amide bonds. The number of nitrogens with zero attached hydrogens (tertiary/aromatic N) is 2. The molecule has 5 rings (SSSR count). The number of para-hydroxylation sites is 1. The molecule has 0 bridgehead atoms. The molecular formula is C26H21AsClFN4O7S2. The number of anilines is 2. The number of hydrogen-bond acceptors (Lipinski definition) is 9. The fourth-order valence-electron chi connectivity index (χ4n) is 3.59. The zero-order valence-electron chi connectivity index (χ0n) is 21.4. The number of amides is 1. The number of sulfonamides is 1. The van der Waals surface area contributed by atoms with E-state index in [1.54, 1.807) is 23.8 Å². The van der Waals surface area contributed by atoms with Gasteiger partial charge in [0.2, 0.25) is 0 Å². The van der Waals surface area contributed by atoms with Crippen LogP contribution in [0.5, 0.6) is 0 Å². The van der Waals surface area contributed by atoms with Gasteiger partial charge in [0.1, 0.15) is 5.82 Å². The van der Waals surface area contributed by atoms with Gasteiger partial charge >= 0.3 is 88.4 Å². The Morgan fingerprint density at radius 3 is 2.43 bits per heavy atom. The van der Waals surface area contributed by atoms with E-state index in [0.29, 0.717) is 5.56 Å². The van der Waals surface area contributed by atoms with Crippen molar-refractivity contribution in [2.75, 3.05) is 10.0 Å². The van der Waals surface area contributed by atoms with E-state index in [0.717, 1.165) is 27.9 Å². The Morgan fingerprint density at radius 1 is 1.02 bits per heavy atom. The first-order valence-corrected chi connectivity index (χ1v) is 17.8. The summed E-state index contributed by atoms with van der Waals surface area (Å²) in [5.41, 5.74) is 4.51. The molecule has 0 spiro atoms. The summed E-state index contributed by atoms with van der Waals surface area (Å²) < 4.78 is 65.6. The number of thiazole rings is 1. The molecule has 0 radical (unpaired) electrons. The molecule has 5 aromatic rings. The van der Waals surface area contributed by atoms with Crippen molar-refractivity contribution in [3.05, 3.63) is 95.5 Å². The van der Waals surface area contributed by atoms with Crippen LogP contribution in [0.25, 0.3) is 21.3 Å². The molecule has 0 aliphatic heterocycles. The average molecular weight is 695 g/mol. The molecule has 0 saturated carbocycles. The van der Waals surface area contributed by atoms with Crippen molar-refractivity contribution < 1.29 is 34.6 Å². The molecular weight excluding hydrogens is 674 g/mol. The molecule has 42 heavy (non-hydrogen) atoms. The number of benzene rings is 3. The van der Waals surface area contributed by atoms with Gasteiger partial charge in [-0.15, -0.1) is 11.3 Å². The minimum atomic E-state index is -4.92. The maximum Gasteiger partial charge on any atom is 0.261 e. The summed E-state index contributed by atoms with van der Waals surface area (Å²) >= 11 is 2.66. The number of hydrogen-bond donors (Lipinski definition) is 4. The van der Waals surface area contributed by atoms with E-state index < -0.39 is 30.0 Å². The van der Waals surface area contributed by atoms with Gasteiger partial charge in [0, 0.05) is 11.8 Å². The third-order valence-corrected chi connectivity index (χ3v) is 10.5. The molecule has 4 N–H and O–H groups in total. The van der Waals surface area contributed by atoms with Crippen molar-refractivity contribution >= 4 is 79.0 Å². The van der Waals surface area contributed by atoms with Crippen LogP contribution in [0, 0.1) is 5.82 Å². The van der Waals surface area contributed by atoms with Crippen LogP contribution in [0.1, 0.15) is 6.92 Å². The number of halogens is 2. The SMILES string of the molecule is CC(=O)Nc1ccccc1[As](=O)(O)OO.O=S(=O)(Nc1cc(-c2ccc3ncsc3c2)cnc1Cl)c1ccc(F)cc1. The van der Waals surface area contributed by atoms with Crippen molar-refractivity contribution in [3.63, 3.8) is 0 Å². The van der Waals surface area contributed by atoms with E-state index in [1.165, 1.54) is 48.6 Å². The average Bonchev–Trinajstić information content (AvgIpc) is 3.43. The molecule has 0 fully saturated rings. The second-order valence-corrected chi connectivity index (χ2v) is 14.9. The van der Waals surface area contributed by atoms with Gasteiger partial charge in [0.15, 0.2) is 5.15 Å². The van der Waals surface area contributed by atoms with Crippen LogP contribution in [-0.2, 0) is 22.4 Å². The predicted molar refractivity (Wildman–Crippen MR) is 158 cm³/mol. The van der Waals surface area contributed by atoms with Crippen LogP contribution >= 0.6 is 22.9 Å². The summed E-state index contributed by atoms with van der Waals surface area (Å²) in [6.45, 7) is 1.27. The van der Waals surface area contributed by atoms with E-state index in [9.17, 15) is 25.4 Å². The standard InChI is InChI=1S/C18H11ClFN3O2S2.C8H10AsNO5/c19-18-16(23-27(24,25)14-4-2-13(20)3-5-14)7-12(9-21-18)11-1-6-15-17(8-11)26-10-22-15;1-6(11)10-8-5-3-2-4-7(8)9(12,13)15-14/h1-10,23H;2-5,14H,1H3,(H,10,11)(H,12,13). The van der Waals surface area contributed by atoms with Gasteiger partial charge in [-0.05, 0) is 48.0 Å². The van der Waals surface area contributed by atoms with E-state index in [-0.39, 0.29) is 31.7 Å². The Morgan fingerprint density at radius 2 is 1.74 bits per heavy atom. The number of rotatable bonds is 7. The van der Waals surface area contributed by atoms with Gasteiger partial charge in [-0.25, -0.2) is 22.8 Å². The number of aromatic nitrogens is 2. The Kier molecular flexibility index (Phi) is 9.79. The number of carbonyl (C=O) groups is 1. The van der Waals surface area contributed by atoms with Gasteiger partial charge in [0.05, 0.1) is 26.3 Å². The minimum absolute atomic E-state index is 0.0169. The van der Waals surface area contributed by atoms with Crippen LogP contribution in [0.15, 0.2) is 89.4 Å². The summed E-state index contributed by atoms with van der Waals surface area (Å²) in [5, 5.41) is 10.7. The van der Waals surface area contributed by atoms with Gasteiger partial charge in [0.25, 0.3) is 10.0 Å². The number of nitrogens with one attached hydrogen (secondary N) is 2. The maximum atomic E-state index is 13.0. The smallest absolute Gasteiger partial charge is 0.261 e. The van der Waals surface area contributed by atoms with E-state index in [1.807, 2.05) is 18.2 Å². The second-order valence-electron chi connectivity index (χ2n) is 8.46. The summed E-state index contributed by atoms with van der Waals surface area (Å²) in [5.74, 6) is -0.898. The number of fused-ring (bicyclic) bond motifs is 1. The second kappa shape index (κ2) is 13.1. The molecule has 2 heterocycles. The van der Waals surface area contributed by atoms with E-state index in [4.69, 9.17) is 16.9 Å². The zero-order valence-corrected chi connectivity index (χ0v) is 25.7. The predicted octanol–water partition coefficient (Wildman–Crippen LogP) is 4.65. The van der Waals surface area contributed by atoms with Gasteiger partial charge in [-0.2, -0.15) is 0 Å². The van der Waals surface area contributed by atoms with Crippen LogP contribution in [0.4, 0.5) is 15.8 Å². The van der Waals surface area contributed by atoms with Crippen LogP contribution in [-0.4, -0.2) is 47.8 Å². The minimum Gasteiger partial charge on any atom is -0.276 e. The fraction of sp³-hybridized carbons (Fsp3) is 0.0385. The third kappa shape index (κ3) is 7.60. The summed E-state index contributed by atoms with van der Waals surface area (Å²) in [6.07, 6.45) is 1.57. The molecule has 16 heteroatoms. The van der Waals surface area contributed by atoms with Crippen molar-refractivity contribution in [2.45, 2.75) is 11.8 Å². The number of pyridine rings is 1. The molecule has 1 atom stereocenters. The largest absolute Gasteiger partial charge is 0.276 e. The molecule has 218 valence electrons. The van der Waals surface area contributed by atoms with E-state index in [2.05, 4.69) is 23.9 Å². The fourth-order valence-corrected chi connectivity index (χ4v) is 7.24. The quantitative estimate of drug-likeness (QED) is 0.0820. The summed E-state index contributed by atoms with van der Waals surface area (Å²) in [6, 6.07) is 17.7. The Hall–Kier alpha value is -3.62. The molecule has 11 nitrogen and oxygen atoms in total. The van der Waals surface area contributed by atoms with Crippen LogP contribution in [0.3, 0.4) is 0 Å². The zero-order chi connectivity index (χ0) is 30.5. The molecule has 0 aliphatic rings. The monoisotopic (exact) mass is 694 g/mol. The maximum absolute atomic E-state index is 13.0.